The molecular formula is C21H32ClNO. The summed E-state index contributed by atoms with van der Waals surface area (Å²) in [6.45, 7) is 7.32. The van der Waals surface area contributed by atoms with Crippen LogP contribution in [0.4, 0.5) is 0 Å². The van der Waals surface area contributed by atoms with E-state index in [1.165, 1.54) is 12.8 Å². The van der Waals surface area contributed by atoms with E-state index in [9.17, 15) is 5.11 Å². The van der Waals surface area contributed by atoms with E-state index in [2.05, 4.69) is 30.6 Å². The lowest BCUT2D eigenvalue weighted by Gasteiger charge is -2.29. The number of hydrogen-bond donors (Lipinski definition) is 1. The smallest absolute Gasteiger partial charge is 0.153 e. The quantitative estimate of drug-likeness (QED) is 0.726. The van der Waals surface area contributed by atoms with Gasteiger partial charge in [-0.1, -0.05) is 68.9 Å². The van der Waals surface area contributed by atoms with Crippen LogP contribution in [0.2, 0.25) is 0 Å². The first-order valence-corrected chi connectivity index (χ1v) is 9.21. The Balaban J connectivity index is 0.00000288. The van der Waals surface area contributed by atoms with Gasteiger partial charge in [0.15, 0.2) is 5.60 Å². The second kappa shape index (κ2) is 10.8. The summed E-state index contributed by atoms with van der Waals surface area (Å²) < 4.78 is 0. The highest BCUT2D eigenvalue weighted by atomic mass is 35.5. The average Bonchev–Trinajstić information content (AvgIpc) is 3.11. The van der Waals surface area contributed by atoms with Gasteiger partial charge in [0.2, 0.25) is 0 Å². The lowest BCUT2D eigenvalue weighted by molar-refractivity contribution is 0.0367. The van der Waals surface area contributed by atoms with Crippen molar-refractivity contribution in [1.29, 1.82) is 0 Å². The van der Waals surface area contributed by atoms with Gasteiger partial charge in [-0.15, -0.1) is 12.4 Å². The van der Waals surface area contributed by atoms with Crippen molar-refractivity contribution in [1.82, 2.24) is 4.90 Å². The molecule has 3 heteroatoms. The number of benzene rings is 1. The largest absolute Gasteiger partial charge is 0.373 e. The Morgan fingerprint density at radius 2 is 1.67 bits per heavy atom. The van der Waals surface area contributed by atoms with Crippen LogP contribution in [-0.2, 0) is 5.60 Å². The maximum absolute atomic E-state index is 11.4. The van der Waals surface area contributed by atoms with Gasteiger partial charge in [0.25, 0.3) is 0 Å². The van der Waals surface area contributed by atoms with Gasteiger partial charge in [-0.3, -0.25) is 4.90 Å². The van der Waals surface area contributed by atoms with E-state index in [1.54, 1.807) is 0 Å². The summed E-state index contributed by atoms with van der Waals surface area (Å²) >= 11 is 0. The molecule has 1 unspecified atom stereocenters. The van der Waals surface area contributed by atoms with Crippen LogP contribution in [0, 0.1) is 17.8 Å². The summed E-state index contributed by atoms with van der Waals surface area (Å²) in [6.07, 6.45) is 6.86. The molecule has 0 heterocycles. The number of nitrogens with zero attached hydrogens (tertiary/aromatic N) is 1. The summed E-state index contributed by atoms with van der Waals surface area (Å²) in [5, 5.41) is 11.4. The maximum Gasteiger partial charge on any atom is 0.153 e. The van der Waals surface area contributed by atoms with E-state index < -0.39 is 5.60 Å². The van der Waals surface area contributed by atoms with Crippen molar-refractivity contribution < 1.29 is 5.11 Å². The van der Waals surface area contributed by atoms with Crippen molar-refractivity contribution in [3.63, 3.8) is 0 Å². The Hall–Kier alpha value is -1.01. The van der Waals surface area contributed by atoms with Crippen molar-refractivity contribution >= 4 is 12.4 Å². The minimum absolute atomic E-state index is 0. The highest BCUT2D eigenvalue weighted by molar-refractivity contribution is 5.85. The fraction of sp³-hybridized carbons (Fsp3) is 0.619. The molecule has 1 fully saturated rings. The van der Waals surface area contributed by atoms with Crippen LogP contribution in [0.1, 0.15) is 57.9 Å². The van der Waals surface area contributed by atoms with Gasteiger partial charge < -0.3 is 5.11 Å². The SMILES string of the molecule is CCCN(CC#CC(O)(c1ccccc1)C1CCCC1)CCC.Cl. The van der Waals surface area contributed by atoms with E-state index in [-0.39, 0.29) is 18.3 Å². The van der Waals surface area contributed by atoms with E-state index in [1.807, 2.05) is 30.3 Å². The molecule has 0 saturated heterocycles. The molecule has 1 aliphatic carbocycles. The molecule has 2 rings (SSSR count). The van der Waals surface area contributed by atoms with Crippen molar-refractivity contribution in [3.8, 4) is 11.8 Å². The highest BCUT2D eigenvalue weighted by Crippen LogP contribution is 2.40. The zero-order valence-electron chi connectivity index (χ0n) is 15.1. The van der Waals surface area contributed by atoms with E-state index in [0.717, 1.165) is 50.9 Å². The molecule has 0 amide bonds. The second-order valence-corrected chi connectivity index (χ2v) is 6.69. The number of hydrogen-bond acceptors (Lipinski definition) is 2. The molecule has 134 valence electrons. The summed E-state index contributed by atoms with van der Waals surface area (Å²) in [4.78, 5) is 2.38. The fourth-order valence-electron chi connectivity index (χ4n) is 3.63. The summed E-state index contributed by atoms with van der Waals surface area (Å²) in [5.41, 5.74) is -0.0288. The molecular weight excluding hydrogens is 318 g/mol. The summed E-state index contributed by atoms with van der Waals surface area (Å²) in [6, 6.07) is 10.0. The van der Waals surface area contributed by atoms with E-state index in [0.29, 0.717) is 0 Å². The number of halogens is 1. The van der Waals surface area contributed by atoms with Crippen molar-refractivity contribution in [2.24, 2.45) is 5.92 Å². The number of rotatable bonds is 7. The Morgan fingerprint density at radius 1 is 1.08 bits per heavy atom. The predicted octanol–water partition coefficient (Wildman–Crippen LogP) is 4.61. The third kappa shape index (κ3) is 5.52. The summed E-state index contributed by atoms with van der Waals surface area (Å²) in [7, 11) is 0. The van der Waals surface area contributed by atoms with Crippen molar-refractivity contribution in [3.05, 3.63) is 35.9 Å². The van der Waals surface area contributed by atoms with Crippen LogP contribution in [-0.4, -0.2) is 29.6 Å². The third-order valence-electron chi connectivity index (χ3n) is 4.82. The molecule has 0 radical (unpaired) electrons. The molecule has 1 atom stereocenters. The lowest BCUT2D eigenvalue weighted by atomic mass is 9.80. The van der Waals surface area contributed by atoms with Crippen molar-refractivity contribution in [2.45, 2.75) is 58.0 Å². The maximum atomic E-state index is 11.4. The molecule has 1 aromatic rings. The van der Waals surface area contributed by atoms with Gasteiger partial charge in [-0.25, -0.2) is 0 Å². The first-order valence-electron chi connectivity index (χ1n) is 9.21. The zero-order valence-corrected chi connectivity index (χ0v) is 15.9. The first-order chi connectivity index (χ1) is 11.2. The Labute approximate surface area is 154 Å². The van der Waals surface area contributed by atoms with Crippen LogP contribution in [0.25, 0.3) is 0 Å². The van der Waals surface area contributed by atoms with Gasteiger partial charge in [0.1, 0.15) is 0 Å². The molecule has 1 aliphatic rings. The normalized spacial score (nSPS) is 17.0. The molecule has 0 aromatic heterocycles. The van der Waals surface area contributed by atoms with Crippen LogP contribution >= 0.6 is 12.4 Å². The molecule has 1 aromatic carbocycles. The lowest BCUT2D eigenvalue weighted by Crippen LogP contribution is -2.33. The van der Waals surface area contributed by atoms with Gasteiger partial charge in [0, 0.05) is 5.92 Å². The topological polar surface area (TPSA) is 23.5 Å². The van der Waals surface area contributed by atoms with Crippen molar-refractivity contribution in [2.75, 3.05) is 19.6 Å². The minimum atomic E-state index is -0.984. The molecule has 1 N–H and O–H groups in total. The van der Waals surface area contributed by atoms with Gasteiger partial charge in [-0.2, -0.15) is 0 Å². The van der Waals surface area contributed by atoms with Gasteiger partial charge in [-0.05, 0) is 44.3 Å². The number of aliphatic hydroxyl groups is 1. The Bertz CT molecular complexity index is 510. The Morgan fingerprint density at radius 3 is 2.21 bits per heavy atom. The zero-order chi connectivity index (χ0) is 16.5. The standard InChI is InChI=1S/C21H31NO.ClH/c1-3-16-22(17-4-2)18-10-15-21(23,20-13-8-9-14-20)19-11-6-5-7-12-19;/h5-7,11-12,20,23H,3-4,8-9,13-14,16-18H2,1-2H3;1H. The molecule has 0 bridgehead atoms. The third-order valence-corrected chi connectivity index (χ3v) is 4.82. The average molecular weight is 350 g/mol. The van der Waals surface area contributed by atoms with E-state index >= 15 is 0 Å². The molecule has 1 saturated carbocycles. The molecule has 0 aliphatic heterocycles. The van der Waals surface area contributed by atoms with E-state index in [4.69, 9.17) is 0 Å². The highest BCUT2D eigenvalue weighted by Gasteiger charge is 2.38. The predicted molar refractivity (Wildman–Crippen MR) is 104 cm³/mol. The Kier molecular flexibility index (Phi) is 9.44. The fourth-order valence-corrected chi connectivity index (χ4v) is 3.63. The molecule has 24 heavy (non-hydrogen) atoms. The molecule has 0 spiro atoms. The summed E-state index contributed by atoms with van der Waals surface area (Å²) in [5.74, 6) is 6.83. The first kappa shape index (κ1) is 21.0. The van der Waals surface area contributed by atoms with Crippen LogP contribution < -0.4 is 0 Å². The minimum Gasteiger partial charge on any atom is -0.373 e. The van der Waals surface area contributed by atoms with Gasteiger partial charge in [0.05, 0.1) is 6.54 Å². The van der Waals surface area contributed by atoms with Crippen LogP contribution in [0.5, 0.6) is 0 Å². The molecule has 2 nitrogen and oxygen atoms in total. The van der Waals surface area contributed by atoms with Crippen LogP contribution in [0.3, 0.4) is 0 Å². The van der Waals surface area contributed by atoms with Gasteiger partial charge >= 0.3 is 0 Å². The second-order valence-electron chi connectivity index (χ2n) is 6.69. The monoisotopic (exact) mass is 349 g/mol. The van der Waals surface area contributed by atoms with Crippen LogP contribution in [0.15, 0.2) is 30.3 Å².